The number of amides is 1. The number of nitrogens with zero attached hydrogens (tertiary/aromatic N) is 1. The maximum absolute atomic E-state index is 12.3. The van der Waals surface area contributed by atoms with Crippen molar-refractivity contribution in [3.8, 4) is 0 Å². The van der Waals surface area contributed by atoms with Crippen LogP contribution in [-0.2, 0) is 14.3 Å². The summed E-state index contributed by atoms with van der Waals surface area (Å²) in [5.41, 5.74) is 0.890. The first-order valence-corrected chi connectivity index (χ1v) is 8.19. The van der Waals surface area contributed by atoms with Gasteiger partial charge in [0, 0.05) is 4.47 Å². The number of benzene rings is 1. The van der Waals surface area contributed by atoms with E-state index in [1.807, 2.05) is 24.3 Å². The highest BCUT2D eigenvalue weighted by molar-refractivity contribution is 9.10. The van der Waals surface area contributed by atoms with Crippen LogP contribution in [0.3, 0.4) is 0 Å². The summed E-state index contributed by atoms with van der Waals surface area (Å²) >= 11 is 9.72. The van der Waals surface area contributed by atoms with Crippen LogP contribution in [0.2, 0.25) is 0 Å². The predicted octanol–water partition coefficient (Wildman–Crippen LogP) is 3.21. The SMILES string of the molecule is CCOC(=O)CN1C(=O)C(=Cc2cccc(Br)c2)SC1=S. The molecule has 21 heavy (non-hydrogen) atoms. The van der Waals surface area contributed by atoms with Crippen LogP contribution >= 0.6 is 39.9 Å². The lowest BCUT2D eigenvalue weighted by Gasteiger charge is -2.12. The van der Waals surface area contributed by atoms with Crippen LogP contribution in [0, 0.1) is 0 Å². The minimum absolute atomic E-state index is 0.145. The second kappa shape index (κ2) is 7.20. The van der Waals surface area contributed by atoms with Crippen LogP contribution in [0.1, 0.15) is 12.5 Å². The van der Waals surface area contributed by atoms with E-state index < -0.39 is 5.97 Å². The minimum atomic E-state index is -0.461. The molecule has 1 saturated heterocycles. The molecule has 1 aliphatic heterocycles. The Hall–Kier alpha value is -1.18. The molecule has 0 saturated carbocycles. The Labute approximate surface area is 140 Å². The molecule has 1 amide bonds. The summed E-state index contributed by atoms with van der Waals surface area (Å²) in [6.45, 7) is 1.85. The molecule has 0 aliphatic carbocycles. The fourth-order valence-electron chi connectivity index (χ4n) is 1.72. The van der Waals surface area contributed by atoms with E-state index in [0.717, 1.165) is 10.0 Å². The number of carbonyl (C=O) groups excluding carboxylic acids is 2. The number of hydrogen-bond acceptors (Lipinski definition) is 5. The quantitative estimate of drug-likeness (QED) is 0.452. The summed E-state index contributed by atoms with van der Waals surface area (Å²) in [7, 11) is 0. The number of rotatable bonds is 4. The molecule has 2 rings (SSSR count). The zero-order valence-electron chi connectivity index (χ0n) is 11.2. The van der Waals surface area contributed by atoms with Gasteiger partial charge in [-0.3, -0.25) is 14.5 Å². The van der Waals surface area contributed by atoms with Crippen molar-refractivity contribution in [1.29, 1.82) is 0 Å². The Balaban J connectivity index is 2.16. The van der Waals surface area contributed by atoms with E-state index in [1.54, 1.807) is 13.0 Å². The molecular formula is C14H12BrNO3S2. The van der Waals surface area contributed by atoms with E-state index in [2.05, 4.69) is 15.9 Å². The summed E-state index contributed by atoms with van der Waals surface area (Å²) in [6.07, 6.45) is 1.76. The molecule has 7 heteroatoms. The third kappa shape index (κ3) is 4.15. The average molecular weight is 386 g/mol. The van der Waals surface area contributed by atoms with Crippen molar-refractivity contribution in [3.05, 3.63) is 39.2 Å². The van der Waals surface area contributed by atoms with Crippen molar-refractivity contribution in [2.45, 2.75) is 6.92 Å². The summed E-state index contributed by atoms with van der Waals surface area (Å²) in [4.78, 5) is 25.5. The second-order valence-electron chi connectivity index (χ2n) is 4.13. The summed E-state index contributed by atoms with van der Waals surface area (Å²) in [5, 5.41) is 0. The van der Waals surface area contributed by atoms with Crippen LogP contribution in [0.25, 0.3) is 6.08 Å². The van der Waals surface area contributed by atoms with Crippen molar-refractivity contribution in [2.75, 3.05) is 13.2 Å². The molecule has 1 aromatic carbocycles. The highest BCUT2D eigenvalue weighted by atomic mass is 79.9. The van der Waals surface area contributed by atoms with Gasteiger partial charge in [0.25, 0.3) is 5.91 Å². The number of hydrogen-bond donors (Lipinski definition) is 0. The molecule has 0 N–H and O–H groups in total. The Morgan fingerprint density at radius 1 is 1.52 bits per heavy atom. The predicted molar refractivity (Wildman–Crippen MR) is 90.7 cm³/mol. The fraction of sp³-hybridized carbons (Fsp3) is 0.214. The molecular weight excluding hydrogens is 374 g/mol. The number of ether oxygens (including phenoxy) is 1. The second-order valence-corrected chi connectivity index (χ2v) is 6.72. The molecule has 1 aliphatic rings. The Morgan fingerprint density at radius 2 is 2.29 bits per heavy atom. The molecule has 1 heterocycles. The lowest BCUT2D eigenvalue weighted by atomic mass is 10.2. The molecule has 0 atom stereocenters. The van der Waals surface area contributed by atoms with Crippen molar-refractivity contribution < 1.29 is 14.3 Å². The first-order valence-electron chi connectivity index (χ1n) is 6.18. The standard InChI is InChI=1S/C14H12BrNO3S2/c1-2-19-12(17)8-16-13(18)11(21-14(16)20)7-9-4-3-5-10(15)6-9/h3-7H,2,8H2,1H3. The largest absolute Gasteiger partial charge is 0.465 e. The van der Waals surface area contributed by atoms with Crippen LogP contribution in [0.15, 0.2) is 33.6 Å². The molecule has 0 aromatic heterocycles. The van der Waals surface area contributed by atoms with Gasteiger partial charge in [0.2, 0.25) is 0 Å². The third-order valence-electron chi connectivity index (χ3n) is 2.61. The van der Waals surface area contributed by atoms with Gasteiger partial charge in [0.1, 0.15) is 10.9 Å². The summed E-state index contributed by atoms with van der Waals surface area (Å²) in [6, 6.07) is 7.58. The minimum Gasteiger partial charge on any atom is -0.465 e. The van der Waals surface area contributed by atoms with Gasteiger partial charge in [-0.15, -0.1) is 0 Å². The summed E-state index contributed by atoms with van der Waals surface area (Å²) in [5.74, 6) is -0.726. The van der Waals surface area contributed by atoms with Crippen LogP contribution in [0.4, 0.5) is 0 Å². The maximum Gasteiger partial charge on any atom is 0.326 e. The van der Waals surface area contributed by atoms with E-state index in [0.29, 0.717) is 9.23 Å². The van der Waals surface area contributed by atoms with Gasteiger partial charge in [-0.05, 0) is 30.7 Å². The van der Waals surface area contributed by atoms with Crippen molar-refractivity contribution >= 4 is 62.2 Å². The first-order chi connectivity index (χ1) is 10.0. The van der Waals surface area contributed by atoms with Crippen LogP contribution < -0.4 is 0 Å². The molecule has 1 aromatic rings. The molecule has 0 unspecified atom stereocenters. The zero-order valence-corrected chi connectivity index (χ0v) is 14.4. The molecule has 4 nitrogen and oxygen atoms in total. The van der Waals surface area contributed by atoms with E-state index >= 15 is 0 Å². The number of thioether (sulfide) groups is 1. The molecule has 0 radical (unpaired) electrons. The van der Waals surface area contributed by atoms with Gasteiger partial charge in [-0.25, -0.2) is 0 Å². The number of thiocarbonyl (C=S) groups is 1. The molecule has 1 fully saturated rings. The fourth-order valence-corrected chi connectivity index (χ4v) is 3.39. The Morgan fingerprint density at radius 3 is 2.95 bits per heavy atom. The average Bonchev–Trinajstić information content (AvgIpc) is 2.67. The Kier molecular flexibility index (Phi) is 5.55. The lowest BCUT2D eigenvalue weighted by molar-refractivity contribution is -0.145. The van der Waals surface area contributed by atoms with Gasteiger partial charge >= 0.3 is 5.97 Å². The van der Waals surface area contributed by atoms with Crippen molar-refractivity contribution in [3.63, 3.8) is 0 Å². The normalized spacial score (nSPS) is 16.7. The molecule has 110 valence electrons. The highest BCUT2D eigenvalue weighted by Crippen LogP contribution is 2.32. The van der Waals surface area contributed by atoms with Gasteiger partial charge < -0.3 is 4.74 Å². The molecule has 0 bridgehead atoms. The maximum atomic E-state index is 12.3. The first kappa shape index (κ1) is 16.2. The van der Waals surface area contributed by atoms with Gasteiger partial charge in [0.05, 0.1) is 11.5 Å². The van der Waals surface area contributed by atoms with E-state index in [-0.39, 0.29) is 19.1 Å². The molecule has 0 spiro atoms. The van der Waals surface area contributed by atoms with Crippen LogP contribution in [-0.4, -0.2) is 34.2 Å². The smallest absolute Gasteiger partial charge is 0.326 e. The van der Waals surface area contributed by atoms with E-state index in [1.165, 1.54) is 16.7 Å². The van der Waals surface area contributed by atoms with Crippen LogP contribution in [0.5, 0.6) is 0 Å². The monoisotopic (exact) mass is 385 g/mol. The highest BCUT2D eigenvalue weighted by Gasteiger charge is 2.33. The van der Waals surface area contributed by atoms with E-state index in [4.69, 9.17) is 17.0 Å². The Bertz CT molecular complexity index is 630. The van der Waals surface area contributed by atoms with Gasteiger partial charge in [-0.1, -0.05) is 52.0 Å². The van der Waals surface area contributed by atoms with Crippen molar-refractivity contribution in [2.24, 2.45) is 0 Å². The number of carbonyl (C=O) groups is 2. The number of esters is 1. The van der Waals surface area contributed by atoms with E-state index in [9.17, 15) is 9.59 Å². The zero-order chi connectivity index (χ0) is 15.4. The number of halogens is 1. The van der Waals surface area contributed by atoms with Gasteiger partial charge in [0.15, 0.2) is 0 Å². The third-order valence-corrected chi connectivity index (χ3v) is 4.48. The lowest BCUT2D eigenvalue weighted by Crippen LogP contribution is -2.34. The topological polar surface area (TPSA) is 46.6 Å². The van der Waals surface area contributed by atoms with Gasteiger partial charge in [-0.2, -0.15) is 0 Å². The van der Waals surface area contributed by atoms with Crippen molar-refractivity contribution in [1.82, 2.24) is 4.90 Å². The summed E-state index contributed by atoms with van der Waals surface area (Å²) < 4.78 is 6.14.